The summed E-state index contributed by atoms with van der Waals surface area (Å²) in [5, 5.41) is 18.2. The number of sulfone groups is 1. The van der Waals surface area contributed by atoms with Crippen LogP contribution < -0.4 is 0 Å². The molecule has 0 unspecified atom stereocenters. The predicted octanol–water partition coefficient (Wildman–Crippen LogP) is 0.466. The van der Waals surface area contributed by atoms with Gasteiger partial charge in [-0.25, -0.2) is 13.5 Å². The summed E-state index contributed by atoms with van der Waals surface area (Å²) in [7, 11) is -3.47. The number of benzene rings is 1. The summed E-state index contributed by atoms with van der Waals surface area (Å²) in [6.45, 7) is 4.99. The number of rotatable bonds is 6. The first-order valence-electron chi connectivity index (χ1n) is 8.92. The highest BCUT2D eigenvalue weighted by Gasteiger charge is 2.22. The number of H-pyrrole nitrogens is 1. The van der Waals surface area contributed by atoms with Crippen LogP contribution in [0.5, 0.6) is 0 Å². The molecule has 0 radical (unpaired) electrons. The molecule has 11 heteroatoms. The van der Waals surface area contributed by atoms with Crippen molar-refractivity contribution in [3.8, 4) is 22.5 Å². The number of nitrogens with one attached hydrogen (secondary N) is 1. The fourth-order valence-corrected chi connectivity index (χ4v) is 4.19. The van der Waals surface area contributed by atoms with Gasteiger partial charge in [0.2, 0.25) is 0 Å². The lowest BCUT2D eigenvalue weighted by atomic mass is 10.0. The standard InChI is InChI=1S/C17H21N7O3S/c1-28(25,26)15-4-2-3-14(16(15)17-19-21-22-20-17)13-11-18-24(12-13)6-5-23-7-9-27-10-8-23/h2-4,11-12H,5-10H2,1H3,(H,19,20,21,22). The monoisotopic (exact) mass is 403 g/mol. The van der Waals surface area contributed by atoms with Crippen molar-refractivity contribution in [1.29, 1.82) is 0 Å². The maximum absolute atomic E-state index is 12.3. The van der Waals surface area contributed by atoms with Gasteiger partial charge in [-0.05, 0) is 22.1 Å². The van der Waals surface area contributed by atoms with Crippen LogP contribution in [0.1, 0.15) is 0 Å². The fourth-order valence-electron chi connectivity index (χ4n) is 3.28. The van der Waals surface area contributed by atoms with Gasteiger partial charge in [0.05, 0.1) is 30.9 Å². The van der Waals surface area contributed by atoms with E-state index in [0.29, 0.717) is 17.0 Å². The van der Waals surface area contributed by atoms with Crippen molar-refractivity contribution in [3.05, 3.63) is 30.6 Å². The topological polar surface area (TPSA) is 119 Å². The lowest BCUT2D eigenvalue weighted by molar-refractivity contribution is 0.0360. The van der Waals surface area contributed by atoms with Gasteiger partial charge < -0.3 is 4.74 Å². The van der Waals surface area contributed by atoms with Crippen molar-refractivity contribution in [2.24, 2.45) is 0 Å². The average molecular weight is 403 g/mol. The van der Waals surface area contributed by atoms with E-state index in [9.17, 15) is 8.42 Å². The lowest BCUT2D eigenvalue weighted by Gasteiger charge is -2.26. The van der Waals surface area contributed by atoms with E-state index in [-0.39, 0.29) is 4.90 Å². The molecule has 3 heterocycles. The Hall–Kier alpha value is -2.63. The van der Waals surface area contributed by atoms with Crippen molar-refractivity contribution in [1.82, 2.24) is 35.3 Å². The molecule has 2 aromatic heterocycles. The van der Waals surface area contributed by atoms with Gasteiger partial charge in [-0.3, -0.25) is 9.58 Å². The molecule has 1 fully saturated rings. The first-order chi connectivity index (χ1) is 13.5. The Morgan fingerprint density at radius 1 is 1.21 bits per heavy atom. The van der Waals surface area contributed by atoms with Crippen LogP contribution in [0.3, 0.4) is 0 Å². The van der Waals surface area contributed by atoms with Crippen LogP contribution in [0.2, 0.25) is 0 Å². The Bertz CT molecular complexity index is 1040. The summed E-state index contributed by atoms with van der Waals surface area (Å²) < 4.78 is 31.8. The van der Waals surface area contributed by atoms with E-state index in [1.54, 1.807) is 18.3 Å². The molecule has 0 aliphatic carbocycles. The smallest absolute Gasteiger partial charge is 0.181 e. The number of nitrogens with zero attached hydrogens (tertiary/aromatic N) is 6. The number of tetrazole rings is 1. The molecule has 4 rings (SSSR count). The molecule has 1 aromatic carbocycles. The Labute approximate surface area is 162 Å². The van der Waals surface area contributed by atoms with Crippen LogP contribution in [-0.4, -0.2) is 82.8 Å². The van der Waals surface area contributed by atoms with Crippen LogP contribution >= 0.6 is 0 Å². The van der Waals surface area contributed by atoms with E-state index in [0.717, 1.165) is 45.0 Å². The Morgan fingerprint density at radius 3 is 2.75 bits per heavy atom. The van der Waals surface area contributed by atoms with Crippen LogP contribution in [0.25, 0.3) is 22.5 Å². The molecule has 1 saturated heterocycles. The molecular formula is C17H21N7O3S. The SMILES string of the molecule is CS(=O)(=O)c1cccc(-c2cnn(CCN3CCOCC3)c2)c1-c1nnn[nH]1. The Morgan fingerprint density at radius 2 is 2.04 bits per heavy atom. The van der Waals surface area contributed by atoms with Crippen LogP contribution in [0.15, 0.2) is 35.5 Å². The van der Waals surface area contributed by atoms with E-state index < -0.39 is 9.84 Å². The molecular weight excluding hydrogens is 382 g/mol. The summed E-state index contributed by atoms with van der Waals surface area (Å²) in [4.78, 5) is 2.51. The number of ether oxygens (including phenoxy) is 1. The third-order valence-corrected chi connectivity index (χ3v) is 5.84. The number of aromatic nitrogens is 6. The summed E-state index contributed by atoms with van der Waals surface area (Å²) in [5.74, 6) is 0.303. The maximum atomic E-state index is 12.3. The molecule has 0 amide bonds. The van der Waals surface area contributed by atoms with E-state index >= 15 is 0 Å². The Kier molecular flexibility index (Phi) is 5.20. The van der Waals surface area contributed by atoms with Gasteiger partial charge >= 0.3 is 0 Å². The fraction of sp³-hybridized carbons (Fsp3) is 0.412. The molecule has 1 aliphatic rings. The van der Waals surface area contributed by atoms with Crippen LogP contribution in [0.4, 0.5) is 0 Å². The van der Waals surface area contributed by atoms with Gasteiger partial charge in [-0.2, -0.15) is 5.10 Å². The zero-order valence-electron chi connectivity index (χ0n) is 15.4. The first-order valence-corrected chi connectivity index (χ1v) is 10.8. The molecule has 1 aliphatic heterocycles. The number of hydrogen-bond acceptors (Lipinski definition) is 8. The Balaban J connectivity index is 1.65. The molecule has 0 bridgehead atoms. The molecule has 1 N–H and O–H groups in total. The van der Waals surface area contributed by atoms with Crippen LogP contribution in [0, 0.1) is 0 Å². The third-order valence-electron chi connectivity index (χ3n) is 4.70. The molecule has 148 valence electrons. The van der Waals surface area contributed by atoms with Crippen LogP contribution in [-0.2, 0) is 21.1 Å². The number of morpholine rings is 1. The van der Waals surface area contributed by atoms with Gasteiger partial charge in [-0.1, -0.05) is 12.1 Å². The second-order valence-electron chi connectivity index (χ2n) is 6.65. The molecule has 3 aromatic rings. The minimum absolute atomic E-state index is 0.171. The lowest BCUT2D eigenvalue weighted by Crippen LogP contribution is -2.38. The predicted molar refractivity (Wildman–Crippen MR) is 101 cm³/mol. The summed E-state index contributed by atoms with van der Waals surface area (Å²) in [5.41, 5.74) is 1.96. The van der Waals surface area contributed by atoms with E-state index in [2.05, 4.69) is 30.6 Å². The third kappa shape index (κ3) is 3.96. The van der Waals surface area contributed by atoms with E-state index in [4.69, 9.17) is 4.74 Å². The highest BCUT2D eigenvalue weighted by molar-refractivity contribution is 7.90. The quantitative estimate of drug-likeness (QED) is 0.631. The molecule has 10 nitrogen and oxygen atoms in total. The highest BCUT2D eigenvalue weighted by atomic mass is 32.2. The van der Waals surface area contributed by atoms with Gasteiger partial charge in [-0.15, -0.1) is 5.10 Å². The average Bonchev–Trinajstić information content (AvgIpc) is 3.38. The maximum Gasteiger partial charge on any atom is 0.181 e. The number of hydrogen-bond donors (Lipinski definition) is 1. The second-order valence-corrected chi connectivity index (χ2v) is 8.63. The van der Waals surface area contributed by atoms with Gasteiger partial charge in [0.15, 0.2) is 15.7 Å². The molecule has 0 spiro atoms. The first kappa shape index (κ1) is 18.7. The molecule has 0 saturated carbocycles. The van der Waals surface area contributed by atoms with E-state index in [1.807, 2.05) is 16.9 Å². The zero-order chi connectivity index (χ0) is 19.6. The van der Waals surface area contributed by atoms with Crippen molar-refractivity contribution >= 4 is 9.84 Å². The minimum atomic E-state index is -3.47. The normalized spacial score (nSPS) is 15.8. The molecule has 0 atom stereocenters. The minimum Gasteiger partial charge on any atom is -0.379 e. The van der Waals surface area contributed by atoms with Crippen molar-refractivity contribution in [2.45, 2.75) is 11.4 Å². The highest BCUT2D eigenvalue weighted by Crippen LogP contribution is 2.34. The largest absolute Gasteiger partial charge is 0.379 e. The van der Waals surface area contributed by atoms with Crippen molar-refractivity contribution in [3.63, 3.8) is 0 Å². The van der Waals surface area contributed by atoms with Crippen molar-refractivity contribution < 1.29 is 13.2 Å². The summed E-state index contributed by atoms with van der Waals surface area (Å²) >= 11 is 0. The van der Waals surface area contributed by atoms with Crippen molar-refractivity contribution in [2.75, 3.05) is 39.1 Å². The second kappa shape index (κ2) is 7.78. The summed E-state index contributed by atoms with van der Waals surface area (Å²) in [6.07, 6.45) is 4.81. The van der Waals surface area contributed by atoms with Gasteiger partial charge in [0.25, 0.3) is 0 Å². The zero-order valence-corrected chi connectivity index (χ0v) is 16.3. The van der Waals surface area contributed by atoms with Gasteiger partial charge in [0, 0.05) is 43.2 Å². The number of aromatic amines is 1. The summed E-state index contributed by atoms with van der Waals surface area (Å²) in [6, 6.07) is 5.11. The molecule has 28 heavy (non-hydrogen) atoms. The van der Waals surface area contributed by atoms with E-state index in [1.165, 1.54) is 6.26 Å². The van der Waals surface area contributed by atoms with Gasteiger partial charge in [0.1, 0.15) is 0 Å².